The molecule has 0 atom stereocenters. The third-order valence-electron chi connectivity index (χ3n) is 2.24. The highest BCUT2D eigenvalue weighted by atomic mass is 32.2. The molecule has 0 saturated carbocycles. The second-order valence-corrected chi connectivity index (χ2v) is 7.24. The van der Waals surface area contributed by atoms with Gasteiger partial charge in [0.1, 0.15) is 0 Å². The predicted octanol–water partition coefficient (Wildman–Crippen LogP) is 1.77. The molecule has 116 valence electrons. The van der Waals surface area contributed by atoms with E-state index in [0.717, 1.165) is 5.56 Å². The fourth-order valence-electron chi connectivity index (χ4n) is 1.72. The zero-order valence-corrected chi connectivity index (χ0v) is 13.6. The van der Waals surface area contributed by atoms with E-state index < -0.39 is 15.7 Å². The van der Waals surface area contributed by atoms with Gasteiger partial charge in [0.05, 0.1) is 12.3 Å². The largest absolute Gasteiger partial charge is 0.395 e. The van der Waals surface area contributed by atoms with Gasteiger partial charge in [-0.1, -0.05) is 11.8 Å². The number of rotatable bonds is 4. The maximum atomic E-state index is 12.0. The maximum absolute atomic E-state index is 12.0. The number of aryl methyl sites for hydroxylation is 1. The zero-order valence-electron chi connectivity index (χ0n) is 12.8. The van der Waals surface area contributed by atoms with Gasteiger partial charge in [0.25, 0.3) is 10.2 Å². The van der Waals surface area contributed by atoms with E-state index in [4.69, 9.17) is 5.11 Å². The third kappa shape index (κ3) is 7.14. The monoisotopic (exact) mass is 310 g/mol. The summed E-state index contributed by atoms with van der Waals surface area (Å²) in [5.74, 6) is 5.71. The molecule has 6 heteroatoms. The molecule has 1 rings (SSSR count). The smallest absolute Gasteiger partial charge is 0.299 e. The molecular weight excluding hydrogens is 288 g/mol. The van der Waals surface area contributed by atoms with Crippen LogP contribution in [0.4, 0.5) is 5.69 Å². The molecule has 0 amide bonds. The van der Waals surface area contributed by atoms with Crippen LogP contribution in [0.3, 0.4) is 0 Å². The number of hydrogen-bond donors (Lipinski definition) is 3. The lowest BCUT2D eigenvalue weighted by atomic mass is 10.1. The van der Waals surface area contributed by atoms with Crippen LogP contribution in [0.25, 0.3) is 0 Å². The number of aliphatic hydroxyl groups is 1. The van der Waals surface area contributed by atoms with Crippen molar-refractivity contribution in [1.29, 1.82) is 0 Å². The highest BCUT2D eigenvalue weighted by molar-refractivity contribution is 7.90. The van der Waals surface area contributed by atoms with Crippen molar-refractivity contribution in [2.75, 3.05) is 11.3 Å². The average Bonchev–Trinajstić information content (AvgIpc) is 2.23. The molecule has 0 unspecified atom stereocenters. The minimum Gasteiger partial charge on any atom is -0.395 e. The highest BCUT2D eigenvalue weighted by Gasteiger charge is 2.19. The topological polar surface area (TPSA) is 78.4 Å². The van der Waals surface area contributed by atoms with Gasteiger partial charge in [0, 0.05) is 17.5 Å². The van der Waals surface area contributed by atoms with Crippen LogP contribution < -0.4 is 9.44 Å². The van der Waals surface area contributed by atoms with Crippen molar-refractivity contribution in [2.45, 2.75) is 39.7 Å². The van der Waals surface area contributed by atoms with Gasteiger partial charge in [-0.25, -0.2) is 0 Å². The van der Waals surface area contributed by atoms with E-state index in [1.54, 1.807) is 32.9 Å². The normalized spacial score (nSPS) is 11.7. The Kier molecular flexibility index (Phi) is 5.78. The van der Waals surface area contributed by atoms with Gasteiger partial charge in [-0.05, 0) is 51.5 Å². The molecule has 0 aliphatic carbocycles. The molecule has 0 heterocycles. The van der Waals surface area contributed by atoms with Gasteiger partial charge in [-0.15, -0.1) is 0 Å². The molecule has 1 aromatic carbocycles. The van der Waals surface area contributed by atoms with Gasteiger partial charge in [-0.3, -0.25) is 4.72 Å². The van der Waals surface area contributed by atoms with Crippen LogP contribution in [-0.4, -0.2) is 25.7 Å². The highest BCUT2D eigenvalue weighted by Crippen LogP contribution is 2.16. The minimum atomic E-state index is -3.64. The Bertz CT molecular complexity index is 650. The number of hydrogen-bond acceptors (Lipinski definition) is 3. The fraction of sp³-hybridized carbons (Fsp3) is 0.467. The Morgan fingerprint density at radius 1 is 1.24 bits per heavy atom. The average molecular weight is 310 g/mol. The summed E-state index contributed by atoms with van der Waals surface area (Å²) in [4.78, 5) is 0. The van der Waals surface area contributed by atoms with Gasteiger partial charge in [0.2, 0.25) is 0 Å². The van der Waals surface area contributed by atoms with Crippen LogP contribution in [0.5, 0.6) is 0 Å². The molecule has 0 aliphatic rings. The summed E-state index contributed by atoms with van der Waals surface area (Å²) in [6, 6.07) is 5.26. The second kappa shape index (κ2) is 6.94. The first-order chi connectivity index (χ1) is 9.61. The molecule has 0 fully saturated rings. The molecule has 0 saturated heterocycles. The number of aliphatic hydroxyl groups excluding tert-OH is 1. The number of benzene rings is 1. The first kappa shape index (κ1) is 17.5. The molecule has 0 aromatic heterocycles. The van der Waals surface area contributed by atoms with Gasteiger partial charge >= 0.3 is 0 Å². The van der Waals surface area contributed by atoms with Crippen molar-refractivity contribution in [2.24, 2.45) is 0 Å². The lowest BCUT2D eigenvalue weighted by Crippen LogP contribution is -2.43. The van der Waals surface area contributed by atoms with Crippen LogP contribution in [0.2, 0.25) is 0 Å². The number of anilines is 1. The van der Waals surface area contributed by atoms with Crippen LogP contribution in [0, 0.1) is 18.8 Å². The summed E-state index contributed by atoms with van der Waals surface area (Å²) < 4.78 is 29.0. The molecule has 1 aromatic rings. The Morgan fingerprint density at radius 2 is 1.90 bits per heavy atom. The van der Waals surface area contributed by atoms with Gasteiger partial charge in [0.15, 0.2) is 0 Å². The molecule has 0 aliphatic heterocycles. The molecule has 5 nitrogen and oxygen atoms in total. The van der Waals surface area contributed by atoms with Crippen LogP contribution in [-0.2, 0) is 10.2 Å². The fourth-order valence-corrected chi connectivity index (χ4v) is 3.00. The first-order valence-corrected chi connectivity index (χ1v) is 8.13. The molecule has 3 N–H and O–H groups in total. The standard InChI is InChI=1S/C15H22N2O3S/c1-12-9-13(7-5-6-8-18)11-14(10-12)16-21(19,20)17-15(2,3)4/h9-11,16-18H,6,8H2,1-4H3. The van der Waals surface area contributed by atoms with Crippen molar-refractivity contribution in [3.05, 3.63) is 29.3 Å². The third-order valence-corrected chi connectivity index (χ3v) is 3.63. The van der Waals surface area contributed by atoms with Crippen LogP contribution in [0.15, 0.2) is 18.2 Å². The number of nitrogens with one attached hydrogen (secondary N) is 2. The van der Waals surface area contributed by atoms with E-state index in [9.17, 15) is 8.42 Å². The van der Waals surface area contributed by atoms with E-state index in [1.807, 2.05) is 13.0 Å². The first-order valence-electron chi connectivity index (χ1n) is 6.64. The van der Waals surface area contributed by atoms with E-state index in [2.05, 4.69) is 21.3 Å². The lowest BCUT2D eigenvalue weighted by molar-refractivity contribution is 0.305. The van der Waals surface area contributed by atoms with E-state index in [0.29, 0.717) is 17.7 Å². The van der Waals surface area contributed by atoms with Gasteiger partial charge in [-0.2, -0.15) is 13.1 Å². The van der Waals surface area contributed by atoms with Crippen molar-refractivity contribution < 1.29 is 13.5 Å². The Balaban J connectivity index is 2.97. The Hall–Kier alpha value is -1.55. The van der Waals surface area contributed by atoms with Crippen LogP contribution >= 0.6 is 0 Å². The predicted molar refractivity (Wildman–Crippen MR) is 85.2 cm³/mol. The Morgan fingerprint density at radius 3 is 2.48 bits per heavy atom. The zero-order chi connectivity index (χ0) is 16.1. The summed E-state index contributed by atoms with van der Waals surface area (Å²) in [6.45, 7) is 7.19. The summed E-state index contributed by atoms with van der Waals surface area (Å²) in [6.07, 6.45) is 0.389. The minimum absolute atomic E-state index is 0.00774. The summed E-state index contributed by atoms with van der Waals surface area (Å²) >= 11 is 0. The van der Waals surface area contributed by atoms with Crippen molar-refractivity contribution in [3.63, 3.8) is 0 Å². The molecule has 0 bridgehead atoms. The van der Waals surface area contributed by atoms with E-state index in [-0.39, 0.29) is 6.61 Å². The lowest BCUT2D eigenvalue weighted by Gasteiger charge is -2.21. The maximum Gasteiger partial charge on any atom is 0.299 e. The van der Waals surface area contributed by atoms with E-state index in [1.165, 1.54) is 0 Å². The second-order valence-electron chi connectivity index (χ2n) is 5.82. The van der Waals surface area contributed by atoms with Crippen molar-refractivity contribution in [3.8, 4) is 11.8 Å². The Labute approximate surface area is 127 Å². The summed E-state index contributed by atoms with van der Waals surface area (Å²) in [7, 11) is -3.64. The molecule has 0 radical (unpaired) electrons. The van der Waals surface area contributed by atoms with Gasteiger partial charge < -0.3 is 5.11 Å². The SMILES string of the molecule is Cc1cc(C#CCCO)cc(NS(=O)(=O)NC(C)(C)C)c1. The molecule has 0 spiro atoms. The van der Waals surface area contributed by atoms with Crippen LogP contribution in [0.1, 0.15) is 38.3 Å². The summed E-state index contributed by atoms with van der Waals surface area (Å²) in [5.41, 5.74) is 1.51. The molecule has 21 heavy (non-hydrogen) atoms. The quantitative estimate of drug-likeness (QED) is 0.742. The van der Waals surface area contributed by atoms with Crippen molar-refractivity contribution in [1.82, 2.24) is 4.72 Å². The van der Waals surface area contributed by atoms with Crippen molar-refractivity contribution >= 4 is 15.9 Å². The summed E-state index contributed by atoms with van der Waals surface area (Å²) in [5, 5.41) is 8.71. The molecular formula is C15H22N2O3S. The van der Waals surface area contributed by atoms with E-state index >= 15 is 0 Å².